The maximum atomic E-state index is 13.9. The third-order valence-electron chi connectivity index (χ3n) is 2.95. The molecule has 0 fully saturated rings. The summed E-state index contributed by atoms with van der Waals surface area (Å²) in [5, 5.41) is 21.3. The number of nitrogens with one attached hydrogen (secondary N) is 1. The molecule has 2 atom stereocenters. The second-order valence-corrected chi connectivity index (χ2v) is 5.38. The topological polar surface area (TPSA) is 82.5 Å². The van der Waals surface area contributed by atoms with Crippen LogP contribution in [0.3, 0.4) is 0 Å². The number of aliphatic hydroxyl groups excluding tert-OH is 1. The Morgan fingerprint density at radius 3 is 2.68 bits per heavy atom. The highest BCUT2D eigenvalue weighted by atomic mass is 79.9. The molecule has 0 saturated heterocycles. The van der Waals surface area contributed by atoms with E-state index in [2.05, 4.69) is 20.9 Å². The van der Waals surface area contributed by atoms with E-state index in [1.54, 1.807) is 0 Å². The fourth-order valence-corrected chi connectivity index (χ4v) is 2.35. The Labute approximate surface area is 132 Å². The Morgan fingerprint density at radius 2 is 2.05 bits per heavy atom. The van der Waals surface area contributed by atoms with E-state index in [9.17, 15) is 18.7 Å². The standard InChI is InChI=1S/C14H11BrF2N2O3/c15-8-5-10(13(17)18-6-8)11(19-14(21)22)12(20)7-2-1-3-9(16)4-7/h1-6,11-12,19-20H,(H,21,22)/t11-,12+/m1/s1. The summed E-state index contributed by atoms with van der Waals surface area (Å²) >= 11 is 3.10. The SMILES string of the molecule is O=C(O)N[C@H](c1cc(Br)cnc1F)[C@@H](O)c1cccc(F)c1. The van der Waals surface area contributed by atoms with Crippen LogP contribution < -0.4 is 5.32 Å². The Kier molecular flexibility index (Phi) is 5.04. The zero-order chi connectivity index (χ0) is 16.3. The molecule has 0 spiro atoms. The zero-order valence-corrected chi connectivity index (χ0v) is 12.6. The monoisotopic (exact) mass is 372 g/mol. The molecule has 2 aromatic rings. The smallest absolute Gasteiger partial charge is 0.405 e. The molecule has 8 heteroatoms. The summed E-state index contributed by atoms with van der Waals surface area (Å²) in [5.41, 5.74) is -0.0494. The average molecular weight is 373 g/mol. The van der Waals surface area contributed by atoms with Gasteiger partial charge in [-0.2, -0.15) is 4.39 Å². The van der Waals surface area contributed by atoms with Gasteiger partial charge in [-0.1, -0.05) is 12.1 Å². The predicted molar refractivity (Wildman–Crippen MR) is 77.2 cm³/mol. The number of nitrogens with zero attached hydrogens (tertiary/aromatic N) is 1. The van der Waals surface area contributed by atoms with Crippen molar-refractivity contribution in [3.8, 4) is 0 Å². The summed E-state index contributed by atoms with van der Waals surface area (Å²) in [7, 11) is 0. The predicted octanol–water partition coefficient (Wildman–Crippen LogP) is 3.16. The van der Waals surface area contributed by atoms with Crippen molar-refractivity contribution in [2.45, 2.75) is 12.1 Å². The Balaban J connectivity index is 2.45. The van der Waals surface area contributed by atoms with Gasteiger partial charge in [0, 0.05) is 16.2 Å². The molecule has 0 aliphatic heterocycles. The van der Waals surface area contributed by atoms with Gasteiger partial charge in [0.2, 0.25) is 5.95 Å². The van der Waals surface area contributed by atoms with E-state index in [0.29, 0.717) is 4.47 Å². The van der Waals surface area contributed by atoms with Gasteiger partial charge in [-0.05, 0) is 39.7 Å². The Hall–Kier alpha value is -2.06. The molecule has 1 heterocycles. The number of aromatic nitrogens is 1. The van der Waals surface area contributed by atoms with Crippen molar-refractivity contribution in [3.05, 3.63) is 63.9 Å². The van der Waals surface area contributed by atoms with Crippen molar-refractivity contribution >= 4 is 22.0 Å². The van der Waals surface area contributed by atoms with Crippen molar-refractivity contribution in [2.24, 2.45) is 0 Å². The van der Waals surface area contributed by atoms with Crippen LogP contribution in [0.5, 0.6) is 0 Å². The molecule has 22 heavy (non-hydrogen) atoms. The number of halogens is 3. The van der Waals surface area contributed by atoms with Gasteiger partial charge in [0.25, 0.3) is 0 Å². The molecule has 1 aromatic heterocycles. The number of carboxylic acid groups (broad SMARTS) is 1. The lowest BCUT2D eigenvalue weighted by Crippen LogP contribution is -2.32. The summed E-state index contributed by atoms with van der Waals surface area (Å²) in [6.45, 7) is 0. The van der Waals surface area contributed by atoms with Crippen LogP contribution in [0, 0.1) is 11.8 Å². The van der Waals surface area contributed by atoms with Crippen molar-refractivity contribution in [1.29, 1.82) is 0 Å². The van der Waals surface area contributed by atoms with Crippen molar-refractivity contribution < 1.29 is 23.8 Å². The molecular formula is C14H11BrF2N2O3. The first-order chi connectivity index (χ1) is 10.4. The highest BCUT2D eigenvalue weighted by Gasteiger charge is 2.28. The van der Waals surface area contributed by atoms with E-state index < -0.39 is 30.0 Å². The van der Waals surface area contributed by atoms with Crippen LogP contribution >= 0.6 is 15.9 Å². The van der Waals surface area contributed by atoms with Crippen LogP contribution in [0.4, 0.5) is 13.6 Å². The Morgan fingerprint density at radius 1 is 1.32 bits per heavy atom. The van der Waals surface area contributed by atoms with Gasteiger partial charge in [0.1, 0.15) is 11.9 Å². The van der Waals surface area contributed by atoms with Gasteiger partial charge < -0.3 is 15.5 Å². The maximum absolute atomic E-state index is 13.9. The Bertz CT molecular complexity index is 700. The quantitative estimate of drug-likeness (QED) is 0.719. The minimum Gasteiger partial charge on any atom is -0.465 e. The number of amides is 1. The van der Waals surface area contributed by atoms with Gasteiger partial charge in [-0.15, -0.1) is 0 Å². The molecule has 116 valence electrons. The molecule has 0 radical (unpaired) electrons. The number of rotatable bonds is 4. The lowest BCUT2D eigenvalue weighted by Gasteiger charge is -2.24. The third kappa shape index (κ3) is 3.77. The molecule has 5 nitrogen and oxygen atoms in total. The third-order valence-corrected chi connectivity index (χ3v) is 3.39. The lowest BCUT2D eigenvalue weighted by molar-refractivity contribution is 0.118. The van der Waals surface area contributed by atoms with Gasteiger partial charge in [0.15, 0.2) is 0 Å². The van der Waals surface area contributed by atoms with Crippen LogP contribution in [0.25, 0.3) is 0 Å². The van der Waals surface area contributed by atoms with Gasteiger partial charge in [0.05, 0.1) is 6.04 Å². The number of hydrogen-bond donors (Lipinski definition) is 3. The summed E-state index contributed by atoms with van der Waals surface area (Å²) in [6.07, 6.45) is -1.75. The van der Waals surface area contributed by atoms with Crippen molar-refractivity contribution in [3.63, 3.8) is 0 Å². The van der Waals surface area contributed by atoms with Gasteiger partial charge >= 0.3 is 6.09 Å². The van der Waals surface area contributed by atoms with E-state index in [-0.39, 0.29) is 11.1 Å². The van der Waals surface area contributed by atoms with Crippen LogP contribution in [0.15, 0.2) is 41.0 Å². The van der Waals surface area contributed by atoms with E-state index >= 15 is 0 Å². The van der Waals surface area contributed by atoms with Crippen LogP contribution in [0.2, 0.25) is 0 Å². The van der Waals surface area contributed by atoms with Crippen LogP contribution in [-0.4, -0.2) is 21.3 Å². The first-order valence-corrected chi connectivity index (χ1v) is 6.91. The minimum atomic E-state index is -1.49. The molecule has 2 rings (SSSR count). The number of aliphatic hydroxyl groups is 1. The van der Waals surface area contributed by atoms with Crippen LogP contribution in [-0.2, 0) is 0 Å². The number of hydrogen-bond acceptors (Lipinski definition) is 3. The highest BCUT2D eigenvalue weighted by Crippen LogP contribution is 2.31. The molecule has 3 N–H and O–H groups in total. The van der Waals surface area contributed by atoms with Crippen molar-refractivity contribution in [2.75, 3.05) is 0 Å². The van der Waals surface area contributed by atoms with E-state index in [4.69, 9.17) is 5.11 Å². The summed E-state index contributed by atoms with van der Waals surface area (Å²) in [6, 6.07) is 4.95. The molecule has 1 aromatic carbocycles. The lowest BCUT2D eigenvalue weighted by atomic mass is 9.96. The summed E-state index contributed by atoms with van der Waals surface area (Å²) < 4.78 is 27.5. The summed E-state index contributed by atoms with van der Waals surface area (Å²) in [4.78, 5) is 14.4. The van der Waals surface area contributed by atoms with Gasteiger partial charge in [-0.25, -0.2) is 14.2 Å². The normalized spacial score (nSPS) is 13.5. The van der Waals surface area contributed by atoms with E-state index in [1.807, 2.05) is 5.32 Å². The second-order valence-electron chi connectivity index (χ2n) is 4.46. The molecule has 0 aliphatic rings. The molecular weight excluding hydrogens is 362 g/mol. The fraction of sp³-hybridized carbons (Fsp3) is 0.143. The van der Waals surface area contributed by atoms with Gasteiger partial charge in [-0.3, -0.25) is 0 Å². The molecule has 0 bridgehead atoms. The first-order valence-electron chi connectivity index (χ1n) is 6.12. The number of pyridine rings is 1. The fourth-order valence-electron chi connectivity index (χ4n) is 2.00. The molecule has 1 amide bonds. The average Bonchev–Trinajstić information content (AvgIpc) is 2.46. The minimum absolute atomic E-state index is 0.109. The zero-order valence-electron chi connectivity index (χ0n) is 11.0. The molecule has 0 aliphatic carbocycles. The summed E-state index contributed by atoms with van der Waals surface area (Å²) in [5.74, 6) is -1.53. The van der Waals surface area contributed by atoms with E-state index in [0.717, 1.165) is 6.07 Å². The second kappa shape index (κ2) is 6.80. The highest BCUT2D eigenvalue weighted by molar-refractivity contribution is 9.10. The molecule has 0 unspecified atom stereocenters. The largest absolute Gasteiger partial charge is 0.465 e. The van der Waals surface area contributed by atoms with Crippen molar-refractivity contribution in [1.82, 2.24) is 10.3 Å². The molecule has 0 saturated carbocycles. The number of carbonyl (C=O) groups is 1. The number of benzene rings is 1. The van der Waals surface area contributed by atoms with Crippen LogP contribution in [0.1, 0.15) is 23.3 Å². The maximum Gasteiger partial charge on any atom is 0.405 e. The first kappa shape index (κ1) is 16.3. The van der Waals surface area contributed by atoms with E-state index in [1.165, 1.54) is 30.5 Å².